The number of piperidine rings is 1. The SMILES string of the molecule is Cc1ccc(NC(=O)C2CCC(CNc3c(N4CCC(C)CC4)c(=O)c3=O)CC2)cc1C. The number of rotatable bonds is 6. The molecule has 0 bridgehead atoms. The second-order valence-corrected chi connectivity index (χ2v) is 9.94. The second-order valence-electron chi connectivity index (χ2n) is 9.94. The van der Waals surface area contributed by atoms with Crippen LogP contribution in [-0.2, 0) is 4.79 Å². The van der Waals surface area contributed by atoms with Crippen molar-refractivity contribution in [3.05, 3.63) is 49.8 Å². The number of nitrogens with one attached hydrogen (secondary N) is 2. The van der Waals surface area contributed by atoms with Gasteiger partial charge < -0.3 is 15.5 Å². The molecule has 2 fully saturated rings. The first kappa shape index (κ1) is 22.6. The van der Waals surface area contributed by atoms with Crippen molar-refractivity contribution in [2.75, 3.05) is 35.2 Å². The maximum absolute atomic E-state index is 12.7. The smallest absolute Gasteiger partial charge is 0.253 e. The summed E-state index contributed by atoms with van der Waals surface area (Å²) in [4.78, 5) is 39.1. The minimum Gasteiger partial charge on any atom is -0.380 e. The van der Waals surface area contributed by atoms with Crippen LogP contribution in [0.4, 0.5) is 17.1 Å². The van der Waals surface area contributed by atoms with Gasteiger partial charge in [0.05, 0.1) is 0 Å². The lowest BCUT2D eigenvalue weighted by molar-refractivity contribution is -0.121. The van der Waals surface area contributed by atoms with E-state index >= 15 is 0 Å². The van der Waals surface area contributed by atoms with Crippen LogP contribution in [0.2, 0.25) is 0 Å². The molecule has 1 amide bonds. The number of anilines is 3. The normalized spacial score (nSPS) is 22.2. The zero-order valence-electron chi connectivity index (χ0n) is 19.5. The Labute approximate surface area is 190 Å². The van der Waals surface area contributed by atoms with E-state index in [-0.39, 0.29) is 22.7 Å². The van der Waals surface area contributed by atoms with Crippen molar-refractivity contribution in [1.29, 1.82) is 0 Å². The zero-order valence-corrected chi connectivity index (χ0v) is 19.5. The van der Waals surface area contributed by atoms with Crippen molar-refractivity contribution < 1.29 is 4.79 Å². The Morgan fingerprint density at radius 1 is 0.969 bits per heavy atom. The molecule has 4 rings (SSSR count). The molecule has 0 spiro atoms. The lowest BCUT2D eigenvalue weighted by atomic mass is 9.81. The quantitative estimate of drug-likeness (QED) is 0.668. The molecule has 2 N–H and O–H groups in total. The van der Waals surface area contributed by atoms with E-state index in [0.29, 0.717) is 29.8 Å². The third-order valence-electron chi connectivity index (χ3n) is 7.54. The Morgan fingerprint density at radius 2 is 1.66 bits per heavy atom. The number of carbonyl (C=O) groups is 1. The van der Waals surface area contributed by atoms with Crippen LogP contribution in [0.15, 0.2) is 27.8 Å². The number of hydrogen-bond acceptors (Lipinski definition) is 5. The molecule has 0 atom stereocenters. The largest absolute Gasteiger partial charge is 0.380 e. The average molecular weight is 438 g/mol. The Hall–Kier alpha value is -2.63. The molecule has 2 aromatic rings. The molecule has 1 aliphatic heterocycles. The summed E-state index contributed by atoms with van der Waals surface area (Å²) in [6, 6.07) is 6.02. The van der Waals surface area contributed by atoms with E-state index in [1.54, 1.807) is 0 Å². The van der Waals surface area contributed by atoms with E-state index in [1.807, 2.05) is 18.2 Å². The molecule has 1 heterocycles. The van der Waals surface area contributed by atoms with Crippen LogP contribution in [0.25, 0.3) is 0 Å². The van der Waals surface area contributed by atoms with Crippen LogP contribution in [0, 0.1) is 31.6 Å². The third-order valence-corrected chi connectivity index (χ3v) is 7.54. The van der Waals surface area contributed by atoms with Crippen molar-refractivity contribution in [1.82, 2.24) is 0 Å². The summed E-state index contributed by atoms with van der Waals surface area (Å²) in [5, 5.41) is 6.36. The summed E-state index contributed by atoms with van der Waals surface area (Å²) >= 11 is 0. The van der Waals surface area contributed by atoms with Gasteiger partial charge in [0, 0.05) is 31.2 Å². The number of aryl methyl sites for hydroxylation is 2. The standard InChI is InChI=1S/C26H35N3O3/c1-16-10-12-29(13-11-16)23-22(24(30)25(23)31)27-15-19-5-7-20(8-6-19)26(32)28-21-9-4-17(2)18(3)14-21/h4,9,14,16,19-20,27H,5-8,10-13,15H2,1-3H3,(H,28,32). The maximum Gasteiger partial charge on any atom is 0.253 e. The van der Waals surface area contributed by atoms with Gasteiger partial charge in [0.15, 0.2) is 0 Å². The molecule has 6 nitrogen and oxygen atoms in total. The van der Waals surface area contributed by atoms with Gasteiger partial charge in [-0.05, 0) is 87.5 Å². The summed E-state index contributed by atoms with van der Waals surface area (Å²) in [5.41, 5.74) is 3.66. The van der Waals surface area contributed by atoms with E-state index < -0.39 is 0 Å². The first-order chi connectivity index (χ1) is 15.3. The van der Waals surface area contributed by atoms with Crippen molar-refractivity contribution in [2.45, 2.75) is 59.3 Å². The lowest BCUT2D eigenvalue weighted by Gasteiger charge is -2.34. The molecule has 2 aliphatic rings. The molecular weight excluding hydrogens is 402 g/mol. The molecular formula is C26H35N3O3. The summed E-state index contributed by atoms with van der Waals surface area (Å²) < 4.78 is 0. The zero-order chi connectivity index (χ0) is 22.8. The summed E-state index contributed by atoms with van der Waals surface area (Å²) in [6.07, 6.45) is 5.73. The predicted octanol–water partition coefficient (Wildman–Crippen LogP) is 3.99. The van der Waals surface area contributed by atoms with Gasteiger partial charge in [0.25, 0.3) is 10.9 Å². The topological polar surface area (TPSA) is 78.5 Å². The van der Waals surface area contributed by atoms with E-state index in [0.717, 1.165) is 57.3 Å². The number of carbonyl (C=O) groups excluding carboxylic acids is 1. The molecule has 0 unspecified atom stereocenters. The van der Waals surface area contributed by atoms with E-state index in [4.69, 9.17) is 0 Å². The minimum absolute atomic E-state index is 0.0323. The molecule has 1 aliphatic carbocycles. The van der Waals surface area contributed by atoms with Crippen LogP contribution in [0.5, 0.6) is 0 Å². The molecule has 0 radical (unpaired) electrons. The first-order valence-corrected chi connectivity index (χ1v) is 12.0. The summed E-state index contributed by atoms with van der Waals surface area (Å²) in [7, 11) is 0. The van der Waals surface area contributed by atoms with Crippen molar-refractivity contribution in [3.63, 3.8) is 0 Å². The third kappa shape index (κ3) is 4.74. The van der Waals surface area contributed by atoms with Gasteiger partial charge in [0.2, 0.25) is 5.91 Å². The van der Waals surface area contributed by atoms with Crippen LogP contribution in [0.1, 0.15) is 56.6 Å². The number of benzene rings is 1. The van der Waals surface area contributed by atoms with Crippen LogP contribution in [0.3, 0.4) is 0 Å². The highest BCUT2D eigenvalue weighted by Crippen LogP contribution is 2.31. The van der Waals surface area contributed by atoms with Gasteiger partial charge in [0.1, 0.15) is 11.4 Å². The number of hydrogen-bond donors (Lipinski definition) is 2. The lowest BCUT2D eigenvalue weighted by Crippen LogP contribution is -2.45. The fourth-order valence-corrected chi connectivity index (χ4v) is 5.02. The Balaban J connectivity index is 1.26. The van der Waals surface area contributed by atoms with Gasteiger partial charge in [-0.2, -0.15) is 0 Å². The molecule has 6 heteroatoms. The van der Waals surface area contributed by atoms with Gasteiger partial charge in [-0.1, -0.05) is 13.0 Å². The average Bonchev–Trinajstić information content (AvgIpc) is 2.79. The summed E-state index contributed by atoms with van der Waals surface area (Å²) in [5.74, 6) is 1.23. The van der Waals surface area contributed by atoms with E-state index in [2.05, 4.69) is 36.3 Å². The minimum atomic E-state index is -0.375. The monoisotopic (exact) mass is 437 g/mol. The van der Waals surface area contributed by atoms with Crippen molar-refractivity contribution >= 4 is 23.0 Å². The fourth-order valence-electron chi connectivity index (χ4n) is 5.02. The Morgan fingerprint density at radius 3 is 2.31 bits per heavy atom. The van der Waals surface area contributed by atoms with Gasteiger partial charge >= 0.3 is 0 Å². The maximum atomic E-state index is 12.7. The predicted molar refractivity (Wildman–Crippen MR) is 130 cm³/mol. The van der Waals surface area contributed by atoms with Gasteiger partial charge in [-0.25, -0.2) is 0 Å². The Kier molecular flexibility index (Phi) is 6.68. The molecule has 1 saturated heterocycles. The first-order valence-electron chi connectivity index (χ1n) is 12.0. The fraction of sp³-hybridized carbons (Fsp3) is 0.577. The van der Waals surface area contributed by atoms with Crippen LogP contribution >= 0.6 is 0 Å². The molecule has 1 saturated carbocycles. The highest BCUT2D eigenvalue weighted by molar-refractivity contribution is 5.92. The van der Waals surface area contributed by atoms with Crippen molar-refractivity contribution in [2.24, 2.45) is 17.8 Å². The molecule has 32 heavy (non-hydrogen) atoms. The molecule has 2 aromatic carbocycles. The number of nitrogens with zero attached hydrogens (tertiary/aromatic N) is 1. The second kappa shape index (κ2) is 9.47. The van der Waals surface area contributed by atoms with Crippen molar-refractivity contribution in [3.8, 4) is 0 Å². The van der Waals surface area contributed by atoms with Gasteiger partial charge in [-0.15, -0.1) is 0 Å². The van der Waals surface area contributed by atoms with E-state index in [1.165, 1.54) is 11.1 Å². The summed E-state index contributed by atoms with van der Waals surface area (Å²) in [6.45, 7) is 8.74. The number of amides is 1. The van der Waals surface area contributed by atoms with E-state index in [9.17, 15) is 14.4 Å². The highest BCUT2D eigenvalue weighted by Gasteiger charge is 2.30. The van der Waals surface area contributed by atoms with Crippen LogP contribution < -0.4 is 26.4 Å². The molecule has 172 valence electrons. The highest BCUT2D eigenvalue weighted by atomic mass is 16.2. The van der Waals surface area contributed by atoms with Crippen LogP contribution in [-0.4, -0.2) is 25.5 Å². The molecule has 0 aromatic heterocycles. The Bertz CT molecular complexity index is 1040. The van der Waals surface area contributed by atoms with Gasteiger partial charge in [-0.3, -0.25) is 14.4 Å².